The second-order valence-corrected chi connectivity index (χ2v) is 3.74. The molecule has 1 unspecified atom stereocenters. The molecular formula is C13H18O4. The lowest BCUT2D eigenvalue weighted by Gasteiger charge is -2.14. The Kier molecular flexibility index (Phi) is 5.49. The molecule has 0 amide bonds. The first-order valence-corrected chi connectivity index (χ1v) is 5.67. The maximum Gasteiger partial charge on any atom is 0.309 e. The van der Waals surface area contributed by atoms with Gasteiger partial charge in [-0.25, -0.2) is 0 Å². The van der Waals surface area contributed by atoms with Crippen LogP contribution in [0.5, 0.6) is 5.75 Å². The van der Waals surface area contributed by atoms with Crippen molar-refractivity contribution in [3.8, 4) is 5.75 Å². The van der Waals surface area contributed by atoms with Crippen LogP contribution in [0, 0.1) is 0 Å². The van der Waals surface area contributed by atoms with Crippen molar-refractivity contribution in [3.05, 3.63) is 29.8 Å². The largest absolute Gasteiger partial charge is 0.490 e. The number of esters is 1. The number of aliphatic hydroxyl groups is 1. The monoisotopic (exact) mass is 238 g/mol. The van der Waals surface area contributed by atoms with E-state index in [-0.39, 0.29) is 25.1 Å². The molecular weight excluding hydrogens is 220 g/mol. The fourth-order valence-electron chi connectivity index (χ4n) is 1.45. The number of aliphatic hydroxyl groups excluding tert-OH is 1. The molecule has 0 heterocycles. The summed E-state index contributed by atoms with van der Waals surface area (Å²) in [4.78, 5) is 11.2. The lowest BCUT2D eigenvalue weighted by Crippen LogP contribution is -2.18. The van der Waals surface area contributed by atoms with Gasteiger partial charge < -0.3 is 14.6 Å². The van der Waals surface area contributed by atoms with Crippen LogP contribution in [0.3, 0.4) is 0 Å². The van der Waals surface area contributed by atoms with E-state index in [1.54, 1.807) is 25.1 Å². The topological polar surface area (TPSA) is 55.8 Å². The van der Waals surface area contributed by atoms with Crippen molar-refractivity contribution >= 4 is 5.97 Å². The smallest absolute Gasteiger partial charge is 0.309 e. The van der Waals surface area contributed by atoms with Crippen LogP contribution >= 0.6 is 0 Å². The third-order valence-corrected chi connectivity index (χ3v) is 2.18. The summed E-state index contributed by atoms with van der Waals surface area (Å²) in [6.45, 7) is 3.94. The molecule has 1 N–H and O–H groups in total. The van der Waals surface area contributed by atoms with Gasteiger partial charge in [-0.15, -0.1) is 0 Å². The quantitative estimate of drug-likeness (QED) is 0.769. The van der Waals surface area contributed by atoms with Crippen LogP contribution < -0.4 is 4.74 Å². The number of carbonyl (C=O) groups is 1. The minimum Gasteiger partial charge on any atom is -0.490 e. The van der Waals surface area contributed by atoms with E-state index in [4.69, 9.17) is 14.6 Å². The molecule has 17 heavy (non-hydrogen) atoms. The predicted octanol–water partition coefficient (Wildman–Crippen LogP) is 1.90. The third kappa shape index (κ3) is 4.87. The van der Waals surface area contributed by atoms with Crippen LogP contribution in [0.25, 0.3) is 0 Å². The molecule has 4 nitrogen and oxygen atoms in total. The molecule has 0 saturated heterocycles. The summed E-state index contributed by atoms with van der Waals surface area (Å²) in [6.07, 6.45) is -0.0278. The maximum atomic E-state index is 11.2. The zero-order valence-electron chi connectivity index (χ0n) is 10.2. The highest BCUT2D eigenvalue weighted by molar-refractivity contribution is 5.69. The predicted molar refractivity (Wildman–Crippen MR) is 63.7 cm³/mol. The van der Waals surface area contributed by atoms with E-state index in [0.29, 0.717) is 12.4 Å². The first-order valence-electron chi connectivity index (χ1n) is 5.67. The van der Waals surface area contributed by atoms with Gasteiger partial charge in [0.25, 0.3) is 0 Å². The standard InChI is InChI=1S/C13H18O4/c1-3-16-13(15)7-10(2)17-12-6-4-5-11(8-12)9-14/h4-6,8,10,14H,3,7,9H2,1-2H3. The SMILES string of the molecule is CCOC(=O)CC(C)Oc1cccc(CO)c1. The van der Waals surface area contributed by atoms with E-state index in [1.165, 1.54) is 0 Å². The second kappa shape index (κ2) is 6.91. The lowest BCUT2D eigenvalue weighted by atomic mass is 10.2. The first-order chi connectivity index (χ1) is 8.15. The molecule has 94 valence electrons. The van der Waals surface area contributed by atoms with Gasteiger partial charge in [-0.3, -0.25) is 4.79 Å². The lowest BCUT2D eigenvalue weighted by molar-refractivity contribution is -0.144. The first kappa shape index (κ1) is 13.5. The Bertz CT molecular complexity index is 362. The molecule has 0 bridgehead atoms. The van der Waals surface area contributed by atoms with Gasteiger partial charge in [0.1, 0.15) is 11.9 Å². The van der Waals surface area contributed by atoms with Crippen molar-refractivity contribution in [1.29, 1.82) is 0 Å². The normalized spacial score (nSPS) is 11.9. The highest BCUT2D eigenvalue weighted by atomic mass is 16.5. The Hall–Kier alpha value is -1.55. The zero-order chi connectivity index (χ0) is 12.7. The minimum absolute atomic E-state index is 0.0243. The van der Waals surface area contributed by atoms with E-state index in [1.807, 2.05) is 13.0 Å². The maximum absolute atomic E-state index is 11.2. The molecule has 1 rings (SSSR count). The van der Waals surface area contributed by atoms with Crippen molar-refractivity contribution in [2.45, 2.75) is 33.0 Å². The zero-order valence-corrected chi connectivity index (χ0v) is 10.2. The number of hydrogen-bond acceptors (Lipinski definition) is 4. The van der Waals surface area contributed by atoms with Crippen LogP contribution in [0.15, 0.2) is 24.3 Å². The molecule has 1 aromatic carbocycles. The third-order valence-electron chi connectivity index (χ3n) is 2.18. The van der Waals surface area contributed by atoms with Crippen molar-refractivity contribution in [2.24, 2.45) is 0 Å². The highest BCUT2D eigenvalue weighted by Gasteiger charge is 2.11. The van der Waals surface area contributed by atoms with Gasteiger partial charge in [-0.05, 0) is 31.5 Å². The Labute approximate surface area is 101 Å². The Balaban J connectivity index is 2.49. The number of carbonyl (C=O) groups excluding carboxylic acids is 1. The summed E-state index contributed by atoms with van der Waals surface area (Å²) in [5.74, 6) is 0.381. The molecule has 0 radical (unpaired) electrons. The highest BCUT2D eigenvalue weighted by Crippen LogP contribution is 2.16. The summed E-state index contributed by atoms with van der Waals surface area (Å²) in [5, 5.41) is 8.98. The summed E-state index contributed by atoms with van der Waals surface area (Å²) < 4.78 is 10.4. The summed E-state index contributed by atoms with van der Waals surface area (Å²) in [5.41, 5.74) is 0.783. The van der Waals surface area contributed by atoms with Gasteiger partial charge in [0.05, 0.1) is 19.6 Å². The molecule has 1 aromatic rings. The van der Waals surface area contributed by atoms with Crippen LogP contribution in [-0.2, 0) is 16.1 Å². The second-order valence-electron chi connectivity index (χ2n) is 3.74. The van der Waals surface area contributed by atoms with Gasteiger partial charge in [0.15, 0.2) is 0 Å². The van der Waals surface area contributed by atoms with E-state index >= 15 is 0 Å². The van der Waals surface area contributed by atoms with Gasteiger partial charge >= 0.3 is 5.97 Å². The Morgan fingerprint density at radius 3 is 2.88 bits per heavy atom. The van der Waals surface area contributed by atoms with Gasteiger partial charge in [0.2, 0.25) is 0 Å². The molecule has 0 spiro atoms. The molecule has 0 aliphatic carbocycles. The molecule has 0 aromatic heterocycles. The summed E-state index contributed by atoms with van der Waals surface area (Å²) >= 11 is 0. The Morgan fingerprint density at radius 1 is 1.47 bits per heavy atom. The molecule has 4 heteroatoms. The van der Waals surface area contributed by atoms with E-state index in [0.717, 1.165) is 5.56 Å². The van der Waals surface area contributed by atoms with Crippen molar-refractivity contribution in [3.63, 3.8) is 0 Å². The fourth-order valence-corrected chi connectivity index (χ4v) is 1.45. The molecule has 0 aliphatic rings. The van der Waals surface area contributed by atoms with E-state index in [9.17, 15) is 4.79 Å². The van der Waals surface area contributed by atoms with Crippen molar-refractivity contribution < 1.29 is 19.4 Å². The number of rotatable bonds is 6. The van der Waals surface area contributed by atoms with Crippen LogP contribution in [0.4, 0.5) is 0 Å². The van der Waals surface area contributed by atoms with Crippen molar-refractivity contribution in [2.75, 3.05) is 6.61 Å². The van der Waals surface area contributed by atoms with Gasteiger partial charge in [-0.1, -0.05) is 12.1 Å². The van der Waals surface area contributed by atoms with Gasteiger partial charge in [-0.2, -0.15) is 0 Å². The molecule has 0 aliphatic heterocycles. The number of benzene rings is 1. The Morgan fingerprint density at radius 2 is 2.24 bits per heavy atom. The van der Waals surface area contributed by atoms with Crippen molar-refractivity contribution in [1.82, 2.24) is 0 Å². The average molecular weight is 238 g/mol. The van der Waals surface area contributed by atoms with Gasteiger partial charge in [0, 0.05) is 0 Å². The van der Waals surface area contributed by atoms with Crippen LogP contribution in [-0.4, -0.2) is 23.8 Å². The average Bonchev–Trinajstić information content (AvgIpc) is 2.29. The molecule has 1 atom stereocenters. The number of hydrogen-bond donors (Lipinski definition) is 1. The number of ether oxygens (including phenoxy) is 2. The fraction of sp³-hybridized carbons (Fsp3) is 0.462. The molecule has 0 saturated carbocycles. The van der Waals surface area contributed by atoms with Crippen LogP contribution in [0.1, 0.15) is 25.8 Å². The minimum atomic E-state index is -0.265. The molecule has 0 fully saturated rings. The van der Waals surface area contributed by atoms with Crippen LogP contribution in [0.2, 0.25) is 0 Å². The summed E-state index contributed by atoms with van der Waals surface area (Å²) in [6, 6.07) is 7.16. The van der Waals surface area contributed by atoms with E-state index in [2.05, 4.69) is 0 Å². The summed E-state index contributed by atoms with van der Waals surface area (Å²) in [7, 11) is 0. The van der Waals surface area contributed by atoms with E-state index < -0.39 is 0 Å².